The lowest BCUT2D eigenvalue weighted by Gasteiger charge is -2.32. The van der Waals surface area contributed by atoms with Crippen molar-refractivity contribution in [2.75, 3.05) is 19.6 Å². The van der Waals surface area contributed by atoms with E-state index >= 15 is 0 Å². The monoisotopic (exact) mass is 370 g/mol. The molecule has 2 amide bonds. The molecule has 1 atom stereocenters. The predicted molar refractivity (Wildman–Crippen MR) is 96.9 cm³/mol. The highest BCUT2D eigenvalue weighted by molar-refractivity contribution is 5.82. The first-order valence-corrected chi connectivity index (χ1v) is 8.85. The van der Waals surface area contributed by atoms with Crippen molar-refractivity contribution in [1.29, 1.82) is 0 Å². The van der Waals surface area contributed by atoms with Crippen LogP contribution in [0.25, 0.3) is 0 Å². The van der Waals surface area contributed by atoms with Crippen LogP contribution in [-0.4, -0.2) is 52.6 Å². The molecule has 2 heterocycles. The number of hydrogen-bond acceptors (Lipinski definition) is 6. The summed E-state index contributed by atoms with van der Waals surface area (Å²) in [5.74, 6) is 0.328. The van der Waals surface area contributed by atoms with Crippen molar-refractivity contribution in [3.05, 3.63) is 54.5 Å². The van der Waals surface area contributed by atoms with Crippen LogP contribution in [0.15, 0.2) is 48.9 Å². The minimum absolute atomic E-state index is 0.103. The number of carbonyl (C=O) groups excluding carboxylic acids is 2. The van der Waals surface area contributed by atoms with Crippen LogP contribution in [0.3, 0.4) is 0 Å². The molecule has 2 aromatic rings. The van der Waals surface area contributed by atoms with Gasteiger partial charge in [0.1, 0.15) is 25.6 Å². The van der Waals surface area contributed by atoms with Crippen molar-refractivity contribution in [3.63, 3.8) is 0 Å². The van der Waals surface area contributed by atoms with Gasteiger partial charge in [-0.2, -0.15) is 0 Å². The van der Waals surface area contributed by atoms with Crippen LogP contribution in [-0.2, 0) is 16.1 Å². The number of aromatic nitrogens is 2. The van der Waals surface area contributed by atoms with Crippen molar-refractivity contribution in [1.82, 2.24) is 20.2 Å². The van der Waals surface area contributed by atoms with Gasteiger partial charge in [-0.25, -0.2) is 14.8 Å². The van der Waals surface area contributed by atoms with Gasteiger partial charge in [-0.05, 0) is 18.4 Å². The van der Waals surface area contributed by atoms with Gasteiger partial charge in [0.15, 0.2) is 0 Å². The third-order valence-corrected chi connectivity index (χ3v) is 4.17. The van der Waals surface area contributed by atoms with E-state index in [-0.39, 0.29) is 25.2 Å². The zero-order chi connectivity index (χ0) is 18.9. The molecule has 1 aromatic heterocycles. The molecular weight excluding hydrogens is 348 g/mol. The normalized spacial score (nSPS) is 16.4. The molecule has 1 aliphatic rings. The Hall–Kier alpha value is -3.16. The average molecular weight is 370 g/mol. The number of alkyl carbamates (subject to hydrolysis) is 1. The lowest BCUT2D eigenvalue weighted by atomic mass is 10.1. The Labute approximate surface area is 157 Å². The highest BCUT2D eigenvalue weighted by Gasteiger charge is 2.25. The van der Waals surface area contributed by atoms with Gasteiger partial charge in [0.2, 0.25) is 11.8 Å². The molecule has 1 aliphatic heterocycles. The van der Waals surface area contributed by atoms with E-state index in [1.54, 1.807) is 17.2 Å². The lowest BCUT2D eigenvalue weighted by molar-refractivity contribution is -0.132. The summed E-state index contributed by atoms with van der Waals surface area (Å²) in [7, 11) is 0. The Morgan fingerprint density at radius 1 is 1.22 bits per heavy atom. The molecule has 1 fully saturated rings. The second kappa shape index (κ2) is 9.51. The van der Waals surface area contributed by atoms with Crippen LogP contribution in [0, 0.1) is 0 Å². The number of benzene rings is 1. The number of ether oxygens (including phenoxy) is 2. The Morgan fingerprint density at radius 3 is 2.85 bits per heavy atom. The van der Waals surface area contributed by atoms with Gasteiger partial charge in [-0.1, -0.05) is 30.3 Å². The number of piperidine rings is 1. The third-order valence-electron chi connectivity index (χ3n) is 4.17. The van der Waals surface area contributed by atoms with Crippen LogP contribution in [0.2, 0.25) is 0 Å². The van der Waals surface area contributed by atoms with Gasteiger partial charge in [-0.3, -0.25) is 4.79 Å². The van der Waals surface area contributed by atoms with Gasteiger partial charge in [0.05, 0.1) is 6.54 Å². The molecule has 8 nitrogen and oxygen atoms in total. The maximum atomic E-state index is 12.3. The van der Waals surface area contributed by atoms with E-state index < -0.39 is 6.09 Å². The topological polar surface area (TPSA) is 93.7 Å². The fourth-order valence-corrected chi connectivity index (χ4v) is 2.81. The summed E-state index contributed by atoms with van der Waals surface area (Å²) < 4.78 is 10.9. The number of likely N-dealkylation sites (tertiary alicyclic amines) is 1. The molecule has 0 bridgehead atoms. The quantitative estimate of drug-likeness (QED) is 0.833. The van der Waals surface area contributed by atoms with E-state index in [0.717, 1.165) is 18.4 Å². The Bertz CT molecular complexity index is 742. The Morgan fingerprint density at radius 2 is 2.07 bits per heavy atom. The number of rotatable bonds is 6. The van der Waals surface area contributed by atoms with Gasteiger partial charge in [-0.15, -0.1) is 0 Å². The van der Waals surface area contributed by atoms with E-state index in [1.165, 1.54) is 6.33 Å². The van der Waals surface area contributed by atoms with E-state index in [9.17, 15) is 9.59 Å². The van der Waals surface area contributed by atoms with Crippen molar-refractivity contribution in [2.24, 2.45) is 0 Å². The molecule has 1 saturated heterocycles. The molecule has 8 heteroatoms. The summed E-state index contributed by atoms with van der Waals surface area (Å²) in [5, 5.41) is 2.50. The first kappa shape index (κ1) is 18.6. The zero-order valence-electron chi connectivity index (χ0n) is 14.9. The molecule has 142 valence electrons. The van der Waals surface area contributed by atoms with Gasteiger partial charge in [0, 0.05) is 18.8 Å². The number of amides is 2. The van der Waals surface area contributed by atoms with E-state index in [0.29, 0.717) is 19.0 Å². The average Bonchev–Trinajstić information content (AvgIpc) is 2.72. The van der Waals surface area contributed by atoms with Gasteiger partial charge in [0.25, 0.3) is 0 Å². The van der Waals surface area contributed by atoms with Crippen molar-refractivity contribution in [3.8, 4) is 5.88 Å². The summed E-state index contributed by atoms with van der Waals surface area (Å²) in [6, 6.07) is 11.1. The van der Waals surface area contributed by atoms with Gasteiger partial charge < -0.3 is 19.7 Å². The maximum Gasteiger partial charge on any atom is 0.407 e. The molecule has 0 radical (unpaired) electrons. The summed E-state index contributed by atoms with van der Waals surface area (Å²) >= 11 is 0. The second-order valence-electron chi connectivity index (χ2n) is 6.18. The highest BCUT2D eigenvalue weighted by atomic mass is 16.5. The van der Waals surface area contributed by atoms with Crippen LogP contribution < -0.4 is 10.1 Å². The molecule has 1 unspecified atom stereocenters. The molecule has 0 spiro atoms. The number of carbonyl (C=O) groups is 2. The van der Waals surface area contributed by atoms with Crippen molar-refractivity contribution in [2.45, 2.75) is 25.6 Å². The molecule has 1 aromatic carbocycles. The van der Waals surface area contributed by atoms with Crippen LogP contribution >= 0.6 is 0 Å². The minimum atomic E-state index is -0.613. The smallest absolute Gasteiger partial charge is 0.407 e. The molecule has 0 aliphatic carbocycles. The minimum Gasteiger partial charge on any atom is -0.472 e. The van der Waals surface area contributed by atoms with E-state index in [1.807, 2.05) is 30.3 Å². The van der Waals surface area contributed by atoms with Gasteiger partial charge >= 0.3 is 6.09 Å². The molecular formula is C19H22N4O4. The number of nitrogens with one attached hydrogen (secondary N) is 1. The van der Waals surface area contributed by atoms with Crippen LogP contribution in [0.5, 0.6) is 5.88 Å². The SMILES string of the molecule is O=C(NCC(=O)N1CCCC(Oc2ccncn2)C1)OCc1ccccc1. The maximum absolute atomic E-state index is 12.3. The lowest BCUT2D eigenvalue weighted by Crippen LogP contribution is -2.48. The number of nitrogens with zero attached hydrogens (tertiary/aromatic N) is 3. The highest BCUT2D eigenvalue weighted by Crippen LogP contribution is 2.16. The Balaban J connectivity index is 1.40. The fraction of sp³-hybridized carbons (Fsp3) is 0.368. The summed E-state index contributed by atoms with van der Waals surface area (Å²) in [5.41, 5.74) is 0.889. The van der Waals surface area contributed by atoms with E-state index in [2.05, 4.69) is 15.3 Å². The van der Waals surface area contributed by atoms with E-state index in [4.69, 9.17) is 9.47 Å². The van der Waals surface area contributed by atoms with Crippen molar-refractivity contribution >= 4 is 12.0 Å². The number of hydrogen-bond donors (Lipinski definition) is 1. The molecule has 0 saturated carbocycles. The summed E-state index contributed by atoms with van der Waals surface area (Å²) in [4.78, 5) is 33.7. The molecule has 27 heavy (non-hydrogen) atoms. The van der Waals surface area contributed by atoms with Crippen LogP contribution in [0.1, 0.15) is 18.4 Å². The van der Waals surface area contributed by atoms with Crippen molar-refractivity contribution < 1.29 is 19.1 Å². The molecule has 3 rings (SSSR count). The van der Waals surface area contributed by atoms with Crippen LogP contribution in [0.4, 0.5) is 4.79 Å². The Kier molecular flexibility index (Phi) is 6.56. The molecule has 1 N–H and O–H groups in total. The third kappa shape index (κ3) is 5.95. The summed E-state index contributed by atoms with van der Waals surface area (Å²) in [6.45, 7) is 1.17. The summed E-state index contributed by atoms with van der Waals surface area (Å²) in [6.07, 6.45) is 3.98. The largest absolute Gasteiger partial charge is 0.472 e. The first-order valence-electron chi connectivity index (χ1n) is 8.85. The standard InChI is InChI=1S/C19H22N4O4/c24-18(11-21-19(25)26-13-15-5-2-1-3-6-15)23-10-4-7-16(12-23)27-17-8-9-20-14-22-17/h1-3,5-6,8-9,14,16H,4,7,10-13H2,(H,21,25). The predicted octanol–water partition coefficient (Wildman–Crippen LogP) is 1.77. The first-order chi connectivity index (χ1) is 13.2. The zero-order valence-corrected chi connectivity index (χ0v) is 14.9. The second-order valence-corrected chi connectivity index (χ2v) is 6.18. The fourth-order valence-electron chi connectivity index (χ4n) is 2.81.